The van der Waals surface area contributed by atoms with Gasteiger partial charge in [0.25, 0.3) is 0 Å². The van der Waals surface area contributed by atoms with Crippen LogP contribution < -0.4 is 9.64 Å². The lowest BCUT2D eigenvalue weighted by Gasteiger charge is -2.43. The Morgan fingerprint density at radius 3 is 3.21 bits per heavy atom. The molecule has 0 bridgehead atoms. The van der Waals surface area contributed by atoms with Gasteiger partial charge < -0.3 is 19.3 Å². The van der Waals surface area contributed by atoms with Gasteiger partial charge >= 0.3 is 0 Å². The third-order valence-corrected chi connectivity index (χ3v) is 3.47. The Kier molecular flexibility index (Phi) is 3.20. The largest absolute Gasteiger partial charge is 0.481 e. The fraction of sp³-hybridized carbons (Fsp3) is 0.583. The van der Waals surface area contributed by atoms with E-state index in [1.807, 2.05) is 9.80 Å². The van der Waals surface area contributed by atoms with E-state index in [9.17, 15) is 4.79 Å². The molecular formula is C12H16N4O3. The molecule has 1 aromatic rings. The van der Waals surface area contributed by atoms with E-state index in [4.69, 9.17) is 9.47 Å². The summed E-state index contributed by atoms with van der Waals surface area (Å²) in [6.45, 7) is 2.97. The van der Waals surface area contributed by atoms with Gasteiger partial charge in [-0.1, -0.05) is 0 Å². The minimum absolute atomic E-state index is 0.107. The van der Waals surface area contributed by atoms with E-state index in [0.717, 1.165) is 6.54 Å². The maximum Gasteiger partial charge on any atom is 0.242 e. The highest BCUT2D eigenvalue weighted by molar-refractivity contribution is 5.83. The standard InChI is InChI=1S/C12H16N4O3/c1-18-11-4-10(13-8-14-11)15-5-9-7-19-3-2-16(9)12(17)6-15/h4,8-9H,2-3,5-7H2,1H3. The number of hydrogen-bond donors (Lipinski definition) is 0. The number of piperazine rings is 1. The molecule has 0 aromatic carbocycles. The first-order valence-corrected chi connectivity index (χ1v) is 6.26. The highest BCUT2D eigenvalue weighted by Crippen LogP contribution is 2.21. The van der Waals surface area contributed by atoms with Crippen molar-refractivity contribution in [2.75, 3.05) is 44.9 Å². The van der Waals surface area contributed by atoms with Gasteiger partial charge in [-0.3, -0.25) is 4.79 Å². The van der Waals surface area contributed by atoms with Gasteiger partial charge in [-0.15, -0.1) is 0 Å². The summed E-state index contributed by atoms with van der Waals surface area (Å²) < 4.78 is 10.5. The Balaban J connectivity index is 1.80. The van der Waals surface area contributed by atoms with Crippen LogP contribution in [0.25, 0.3) is 0 Å². The fourth-order valence-corrected chi connectivity index (χ4v) is 2.50. The molecule has 3 rings (SSSR count). The summed E-state index contributed by atoms with van der Waals surface area (Å²) in [5.74, 6) is 1.34. The van der Waals surface area contributed by atoms with Gasteiger partial charge in [0.15, 0.2) is 0 Å². The lowest BCUT2D eigenvalue weighted by Crippen LogP contribution is -2.61. The van der Waals surface area contributed by atoms with Crippen molar-refractivity contribution in [1.82, 2.24) is 14.9 Å². The summed E-state index contributed by atoms with van der Waals surface area (Å²) in [7, 11) is 1.56. The minimum Gasteiger partial charge on any atom is -0.481 e. The molecule has 2 aliphatic heterocycles. The molecule has 0 saturated carbocycles. The Bertz CT molecular complexity index is 482. The van der Waals surface area contributed by atoms with Crippen LogP contribution in [0.3, 0.4) is 0 Å². The van der Waals surface area contributed by atoms with Crippen molar-refractivity contribution < 1.29 is 14.3 Å². The van der Waals surface area contributed by atoms with E-state index in [0.29, 0.717) is 38.0 Å². The number of nitrogens with zero attached hydrogens (tertiary/aromatic N) is 4. The van der Waals surface area contributed by atoms with Crippen LogP contribution in [0.2, 0.25) is 0 Å². The van der Waals surface area contributed by atoms with E-state index in [1.54, 1.807) is 13.2 Å². The third-order valence-electron chi connectivity index (χ3n) is 3.47. The molecule has 7 nitrogen and oxygen atoms in total. The predicted molar refractivity (Wildman–Crippen MR) is 67.1 cm³/mol. The fourth-order valence-electron chi connectivity index (χ4n) is 2.50. The third kappa shape index (κ3) is 2.33. The number of amides is 1. The van der Waals surface area contributed by atoms with E-state index >= 15 is 0 Å². The van der Waals surface area contributed by atoms with Crippen molar-refractivity contribution in [2.45, 2.75) is 6.04 Å². The second-order valence-corrected chi connectivity index (χ2v) is 4.61. The molecule has 1 atom stereocenters. The number of anilines is 1. The lowest BCUT2D eigenvalue weighted by atomic mass is 10.1. The summed E-state index contributed by atoms with van der Waals surface area (Å²) >= 11 is 0. The van der Waals surface area contributed by atoms with Gasteiger partial charge in [0.2, 0.25) is 11.8 Å². The molecule has 0 N–H and O–H groups in total. The Hall–Kier alpha value is -1.89. The molecule has 102 valence electrons. The van der Waals surface area contributed by atoms with Crippen LogP contribution in [0.1, 0.15) is 0 Å². The smallest absolute Gasteiger partial charge is 0.242 e. The number of aromatic nitrogens is 2. The molecular weight excluding hydrogens is 248 g/mol. The van der Waals surface area contributed by atoms with Gasteiger partial charge in [-0.25, -0.2) is 9.97 Å². The van der Waals surface area contributed by atoms with E-state index in [1.165, 1.54) is 6.33 Å². The van der Waals surface area contributed by atoms with Crippen LogP contribution in [-0.2, 0) is 9.53 Å². The molecule has 1 unspecified atom stereocenters. The van der Waals surface area contributed by atoms with Gasteiger partial charge in [0.1, 0.15) is 12.1 Å². The summed E-state index contributed by atoms with van der Waals surface area (Å²) in [4.78, 5) is 24.1. The number of carbonyl (C=O) groups is 1. The van der Waals surface area contributed by atoms with Gasteiger partial charge in [0, 0.05) is 19.2 Å². The molecule has 19 heavy (non-hydrogen) atoms. The zero-order chi connectivity index (χ0) is 13.2. The number of fused-ring (bicyclic) bond motifs is 1. The summed E-state index contributed by atoms with van der Waals surface area (Å²) in [6, 6.07) is 1.85. The Labute approximate surface area is 111 Å². The van der Waals surface area contributed by atoms with Crippen molar-refractivity contribution in [2.24, 2.45) is 0 Å². The average Bonchev–Trinajstić information content (AvgIpc) is 2.47. The zero-order valence-corrected chi connectivity index (χ0v) is 10.8. The number of methoxy groups -OCH3 is 1. The molecule has 7 heteroatoms. The Morgan fingerprint density at radius 2 is 2.37 bits per heavy atom. The first kappa shape index (κ1) is 12.2. The van der Waals surface area contributed by atoms with Crippen LogP contribution in [-0.4, -0.2) is 66.8 Å². The lowest BCUT2D eigenvalue weighted by molar-refractivity contribution is -0.140. The average molecular weight is 264 g/mol. The number of hydrogen-bond acceptors (Lipinski definition) is 6. The van der Waals surface area contributed by atoms with Crippen molar-refractivity contribution in [3.05, 3.63) is 12.4 Å². The molecule has 1 aromatic heterocycles. The highest BCUT2D eigenvalue weighted by atomic mass is 16.5. The number of carbonyl (C=O) groups excluding carboxylic acids is 1. The van der Waals surface area contributed by atoms with Crippen molar-refractivity contribution in [3.63, 3.8) is 0 Å². The van der Waals surface area contributed by atoms with Crippen molar-refractivity contribution in [1.29, 1.82) is 0 Å². The van der Waals surface area contributed by atoms with Crippen LogP contribution in [0, 0.1) is 0 Å². The molecule has 0 spiro atoms. The van der Waals surface area contributed by atoms with Gasteiger partial charge in [0.05, 0.1) is 32.9 Å². The minimum atomic E-state index is 0.107. The zero-order valence-electron chi connectivity index (χ0n) is 10.8. The quantitative estimate of drug-likeness (QED) is 0.719. The maximum atomic E-state index is 12.1. The van der Waals surface area contributed by atoms with E-state index in [-0.39, 0.29) is 11.9 Å². The second kappa shape index (κ2) is 5.00. The topological polar surface area (TPSA) is 67.8 Å². The first-order chi connectivity index (χ1) is 9.28. The molecule has 0 radical (unpaired) electrons. The van der Waals surface area contributed by atoms with Crippen molar-refractivity contribution in [3.8, 4) is 5.88 Å². The van der Waals surface area contributed by atoms with E-state index < -0.39 is 0 Å². The Morgan fingerprint density at radius 1 is 1.47 bits per heavy atom. The number of rotatable bonds is 2. The van der Waals surface area contributed by atoms with Crippen LogP contribution >= 0.6 is 0 Å². The molecule has 3 heterocycles. The van der Waals surface area contributed by atoms with Crippen LogP contribution in [0.4, 0.5) is 5.82 Å². The summed E-state index contributed by atoms with van der Waals surface area (Å²) in [5.41, 5.74) is 0. The van der Waals surface area contributed by atoms with E-state index in [2.05, 4.69) is 9.97 Å². The van der Waals surface area contributed by atoms with Crippen LogP contribution in [0.15, 0.2) is 12.4 Å². The highest BCUT2D eigenvalue weighted by Gasteiger charge is 2.35. The molecule has 2 fully saturated rings. The second-order valence-electron chi connectivity index (χ2n) is 4.61. The predicted octanol–water partition coefficient (Wildman–Crippen LogP) is -0.467. The number of morpholine rings is 1. The molecule has 2 saturated heterocycles. The van der Waals surface area contributed by atoms with Gasteiger partial charge in [-0.05, 0) is 0 Å². The SMILES string of the molecule is COc1cc(N2CC(=O)N3CCOCC3C2)ncn1. The molecule has 0 aliphatic carbocycles. The molecule has 1 amide bonds. The molecule has 2 aliphatic rings. The van der Waals surface area contributed by atoms with Crippen molar-refractivity contribution >= 4 is 11.7 Å². The first-order valence-electron chi connectivity index (χ1n) is 6.26. The van der Waals surface area contributed by atoms with Crippen LogP contribution in [0.5, 0.6) is 5.88 Å². The summed E-state index contributed by atoms with van der Waals surface area (Å²) in [6.07, 6.45) is 1.45. The van der Waals surface area contributed by atoms with Gasteiger partial charge in [-0.2, -0.15) is 0 Å². The maximum absolute atomic E-state index is 12.1. The normalized spacial score (nSPS) is 23.2. The monoisotopic (exact) mass is 264 g/mol. The summed E-state index contributed by atoms with van der Waals surface area (Å²) in [5, 5.41) is 0. The number of ether oxygens (including phenoxy) is 2.